The number of halogens is 1. The molecule has 0 spiro atoms. The first-order chi connectivity index (χ1) is 5.31. The van der Waals surface area contributed by atoms with E-state index in [9.17, 15) is 0 Å². The first kappa shape index (κ1) is 7.03. The van der Waals surface area contributed by atoms with Crippen molar-refractivity contribution < 1.29 is 0 Å². The van der Waals surface area contributed by atoms with Crippen molar-refractivity contribution in [3.63, 3.8) is 0 Å². The van der Waals surface area contributed by atoms with Gasteiger partial charge in [0.1, 0.15) is 0 Å². The highest BCUT2D eigenvalue weighted by atomic mass is 79.9. The van der Waals surface area contributed by atoms with Crippen LogP contribution in [0.4, 0.5) is 0 Å². The Morgan fingerprint density at radius 1 is 1.64 bits per heavy atom. The topological polar surface area (TPSA) is 30.7 Å². The van der Waals surface area contributed by atoms with Crippen LogP contribution in [0.5, 0.6) is 0 Å². The minimum atomic E-state index is 0.571. The van der Waals surface area contributed by atoms with Crippen LogP contribution in [-0.4, -0.2) is 14.8 Å². The number of hydrogen-bond acceptors (Lipinski definition) is 2. The zero-order valence-electron chi connectivity index (χ0n) is 6.00. The molecule has 58 valence electrons. The summed E-state index contributed by atoms with van der Waals surface area (Å²) < 4.78 is 2.58. The summed E-state index contributed by atoms with van der Waals surface area (Å²) in [5.41, 5.74) is 0. The van der Waals surface area contributed by atoms with E-state index in [2.05, 4.69) is 32.6 Å². The molecule has 0 N–H and O–H groups in total. The van der Waals surface area contributed by atoms with Crippen molar-refractivity contribution in [1.82, 2.24) is 14.8 Å². The average molecular weight is 214 g/mol. The molecule has 11 heavy (non-hydrogen) atoms. The molecule has 4 heteroatoms. The quantitative estimate of drug-likeness (QED) is 0.753. The van der Waals surface area contributed by atoms with Crippen molar-refractivity contribution >= 4 is 22.0 Å². The third kappa shape index (κ3) is 1.22. The summed E-state index contributed by atoms with van der Waals surface area (Å²) in [5.74, 6) is 0.861. The van der Waals surface area contributed by atoms with Crippen LogP contribution in [0.1, 0.15) is 24.7 Å². The molecule has 1 aliphatic carbocycles. The molecule has 3 nitrogen and oxygen atoms in total. The van der Waals surface area contributed by atoms with E-state index in [1.54, 1.807) is 6.08 Å². The van der Waals surface area contributed by atoms with Crippen LogP contribution in [-0.2, 0) is 0 Å². The van der Waals surface area contributed by atoms with E-state index in [-0.39, 0.29) is 0 Å². The molecular weight excluding hydrogens is 206 g/mol. The van der Waals surface area contributed by atoms with Crippen molar-refractivity contribution in [3.8, 4) is 0 Å². The minimum Gasteiger partial charge on any atom is -0.242 e. The van der Waals surface area contributed by atoms with Crippen LogP contribution in [0.3, 0.4) is 0 Å². The molecule has 2 rings (SSSR count). The zero-order valence-corrected chi connectivity index (χ0v) is 7.58. The lowest BCUT2D eigenvalue weighted by Gasteiger charge is -1.96. The molecule has 0 saturated heterocycles. The third-order valence-corrected chi connectivity index (χ3v) is 2.04. The molecule has 1 aromatic heterocycles. The predicted molar refractivity (Wildman–Crippen MR) is 46.1 cm³/mol. The van der Waals surface area contributed by atoms with Gasteiger partial charge in [-0.2, -0.15) is 0 Å². The average Bonchev–Trinajstić information content (AvgIpc) is 2.75. The van der Waals surface area contributed by atoms with Gasteiger partial charge in [0, 0.05) is 0 Å². The van der Waals surface area contributed by atoms with Gasteiger partial charge in [-0.25, -0.2) is 9.67 Å². The Hall–Kier alpha value is -0.640. The Morgan fingerprint density at radius 2 is 2.36 bits per heavy atom. The number of rotatable bonds is 2. The van der Waals surface area contributed by atoms with Crippen LogP contribution in [0, 0.1) is 0 Å². The van der Waals surface area contributed by atoms with Gasteiger partial charge in [-0.1, -0.05) is 6.58 Å². The van der Waals surface area contributed by atoms with Gasteiger partial charge in [-0.3, -0.25) is 0 Å². The lowest BCUT2D eigenvalue weighted by molar-refractivity contribution is 0.630. The second kappa shape index (κ2) is 2.44. The van der Waals surface area contributed by atoms with Gasteiger partial charge in [0.2, 0.25) is 4.73 Å². The van der Waals surface area contributed by atoms with E-state index in [1.807, 2.05) is 4.68 Å². The highest BCUT2D eigenvalue weighted by Gasteiger charge is 2.26. The lowest BCUT2D eigenvalue weighted by atomic mass is 10.5. The zero-order chi connectivity index (χ0) is 7.84. The summed E-state index contributed by atoms with van der Waals surface area (Å²) in [6.07, 6.45) is 4.17. The maximum atomic E-state index is 4.19. The molecular formula is C7H8BrN3. The van der Waals surface area contributed by atoms with Gasteiger partial charge in [0.25, 0.3) is 0 Å². The van der Waals surface area contributed by atoms with Gasteiger partial charge in [-0.05, 0) is 34.8 Å². The van der Waals surface area contributed by atoms with Crippen LogP contribution in [0.2, 0.25) is 0 Å². The van der Waals surface area contributed by atoms with Crippen molar-refractivity contribution in [3.05, 3.63) is 17.1 Å². The van der Waals surface area contributed by atoms with E-state index in [4.69, 9.17) is 0 Å². The standard InChI is InChI=1S/C7H8BrN3/c1-2-6-9-7(8)10-11(6)5-3-4-5/h2,5H,1,3-4H2. The fourth-order valence-corrected chi connectivity index (χ4v) is 1.39. The van der Waals surface area contributed by atoms with Gasteiger partial charge < -0.3 is 0 Å². The van der Waals surface area contributed by atoms with Crippen molar-refractivity contribution in [1.29, 1.82) is 0 Å². The molecule has 0 bridgehead atoms. The molecule has 1 fully saturated rings. The molecule has 0 aromatic carbocycles. The van der Waals surface area contributed by atoms with Gasteiger partial charge >= 0.3 is 0 Å². The summed E-state index contributed by atoms with van der Waals surface area (Å²) >= 11 is 3.23. The molecule has 1 heterocycles. The second-order valence-corrected chi connectivity index (χ2v) is 3.33. The van der Waals surface area contributed by atoms with Gasteiger partial charge in [-0.15, -0.1) is 5.10 Å². The second-order valence-electron chi connectivity index (χ2n) is 2.62. The molecule has 1 aliphatic rings. The van der Waals surface area contributed by atoms with Gasteiger partial charge in [0.15, 0.2) is 5.82 Å². The van der Waals surface area contributed by atoms with Gasteiger partial charge in [0.05, 0.1) is 6.04 Å². The Bertz CT molecular complexity index is 288. The Labute approximate surface area is 73.3 Å². The van der Waals surface area contributed by atoms with E-state index < -0.39 is 0 Å². The van der Waals surface area contributed by atoms with Crippen LogP contribution in [0.25, 0.3) is 6.08 Å². The fraction of sp³-hybridized carbons (Fsp3) is 0.429. The van der Waals surface area contributed by atoms with Crippen LogP contribution < -0.4 is 0 Å². The summed E-state index contributed by atoms with van der Waals surface area (Å²) in [6.45, 7) is 3.67. The van der Waals surface area contributed by atoms with Crippen LogP contribution in [0.15, 0.2) is 11.3 Å². The first-order valence-corrected chi connectivity index (χ1v) is 4.35. The molecule has 0 amide bonds. The summed E-state index contributed by atoms with van der Waals surface area (Å²) in [7, 11) is 0. The van der Waals surface area contributed by atoms with Crippen molar-refractivity contribution in [2.75, 3.05) is 0 Å². The SMILES string of the molecule is C=Cc1nc(Br)nn1C1CC1. The highest BCUT2D eigenvalue weighted by Crippen LogP contribution is 2.35. The fourth-order valence-electron chi connectivity index (χ4n) is 1.04. The summed E-state index contributed by atoms with van der Waals surface area (Å²) in [4.78, 5) is 4.14. The predicted octanol–water partition coefficient (Wildman–Crippen LogP) is 2.02. The summed E-state index contributed by atoms with van der Waals surface area (Å²) in [6, 6.07) is 0.571. The molecule has 0 aliphatic heterocycles. The van der Waals surface area contributed by atoms with Crippen molar-refractivity contribution in [2.45, 2.75) is 18.9 Å². The largest absolute Gasteiger partial charge is 0.242 e. The molecule has 1 aromatic rings. The maximum absolute atomic E-state index is 4.19. The normalized spacial score (nSPS) is 16.8. The summed E-state index contributed by atoms with van der Waals surface area (Å²) in [5, 5.41) is 4.19. The minimum absolute atomic E-state index is 0.571. The monoisotopic (exact) mass is 213 g/mol. The third-order valence-electron chi connectivity index (χ3n) is 1.71. The Balaban J connectivity index is 2.41. The molecule has 0 atom stereocenters. The van der Waals surface area contributed by atoms with E-state index >= 15 is 0 Å². The smallest absolute Gasteiger partial charge is 0.217 e. The number of nitrogens with zero attached hydrogens (tertiary/aromatic N) is 3. The molecule has 0 radical (unpaired) electrons. The molecule has 1 saturated carbocycles. The number of hydrogen-bond donors (Lipinski definition) is 0. The van der Waals surface area contributed by atoms with Crippen LogP contribution >= 0.6 is 15.9 Å². The number of aromatic nitrogens is 3. The van der Waals surface area contributed by atoms with Crippen molar-refractivity contribution in [2.24, 2.45) is 0 Å². The first-order valence-electron chi connectivity index (χ1n) is 3.56. The lowest BCUT2D eigenvalue weighted by Crippen LogP contribution is -1.98. The molecule has 0 unspecified atom stereocenters. The van der Waals surface area contributed by atoms with E-state index in [1.165, 1.54) is 12.8 Å². The van der Waals surface area contributed by atoms with E-state index in [0.29, 0.717) is 10.8 Å². The Morgan fingerprint density at radius 3 is 2.91 bits per heavy atom. The van der Waals surface area contributed by atoms with E-state index in [0.717, 1.165) is 5.82 Å². The highest BCUT2D eigenvalue weighted by molar-refractivity contribution is 9.10. The Kier molecular flexibility index (Phi) is 1.56. The maximum Gasteiger partial charge on any atom is 0.217 e.